The molecular weight excluding hydrogens is 244 g/mol. The number of thiophene rings is 1. The Labute approximate surface area is 112 Å². The smallest absolute Gasteiger partial charge is 0.230 e. The fourth-order valence-electron chi connectivity index (χ4n) is 3.04. The van der Waals surface area contributed by atoms with Gasteiger partial charge in [0.1, 0.15) is 0 Å². The summed E-state index contributed by atoms with van der Waals surface area (Å²) in [5.41, 5.74) is 1.16. The molecule has 1 saturated heterocycles. The summed E-state index contributed by atoms with van der Waals surface area (Å²) >= 11 is 1.82. The van der Waals surface area contributed by atoms with Crippen molar-refractivity contribution in [3.05, 3.63) is 21.9 Å². The maximum absolute atomic E-state index is 12.7. The minimum absolute atomic E-state index is 0.189. The second-order valence-corrected chi connectivity index (χ2v) is 6.69. The summed E-state index contributed by atoms with van der Waals surface area (Å²) in [6, 6.07) is 2.17. The van der Waals surface area contributed by atoms with Gasteiger partial charge in [-0.05, 0) is 49.7 Å². The van der Waals surface area contributed by atoms with Gasteiger partial charge in [0.2, 0.25) is 5.91 Å². The predicted octanol–water partition coefficient (Wildman–Crippen LogP) is 2.02. The number of carbonyl (C=O) groups is 1. The van der Waals surface area contributed by atoms with E-state index in [0.29, 0.717) is 5.91 Å². The topological polar surface area (TPSA) is 32.3 Å². The quantitative estimate of drug-likeness (QED) is 0.841. The van der Waals surface area contributed by atoms with E-state index in [1.165, 1.54) is 10.4 Å². The molecule has 0 spiro atoms. The molecule has 1 unspecified atom stereocenters. The highest BCUT2D eigenvalue weighted by Crippen LogP contribution is 2.31. The molecule has 0 saturated carbocycles. The van der Waals surface area contributed by atoms with Gasteiger partial charge in [-0.15, -0.1) is 11.3 Å². The van der Waals surface area contributed by atoms with E-state index in [4.69, 9.17) is 0 Å². The third kappa shape index (κ3) is 2.08. The molecule has 3 rings (SSSR count). The molecule has 1 amide bonds. The van der Waals surface area contributed by atoms with Crippen molar-refractivity contribution in [2.24, 2.45) is 5.41 Å². The van der Waals surface area contributed by atoms with Crippen molar-refractivity contribution in [3.8, 4) is 0 Å². The van der Waals surface area contributed by atoms with E-state index in [1.54, 1.807) is 0 Å². The summed E-state index contributed by atoms with van der Waals surface area (Å²) in [6.07, 6.45) is 3.16. The van der Waals surface area contributed by atoms with Gasteiger partial charge >= 0.3 is 0 Å². The van der Waals surface area contributed by atoms with Crippen LogP contribution in [0.3, 0.4) is 0 Å². The van der Waals surface area contributed by atoms with Gasteiger partial charge in [-0.25, -0.2) is 0 Å². The van der Waals surface area contributed by atoms with Crippen LogP contribution >= 0.6 is 11.3 Å². The maximum Gasteiger partial charge on any atom is 0.230 e. The summed E-state index contributed by atoms with van der Waals surface area (Å²) in [6.45, 7) is 5.70. The van der Waals surface area contributed by atoms with Gasteiger partial charge in [0, 0.05) is 24.5 Å². The van der Waals surface area contributed by atoms with Crippen molar-refractivity contribution in [2.75, 3.05) is 19.6 Å². The van der Waals surface area contributed by atoms with E-state index < -0.39 is 0 Å². The van der Waals surface area contributed by atoms with Crippen molar-refractivity contribution in [1.82, 2.24) is 10.2 Å². The summed E-state index contributed by atoms with van der Waals surface area (Å²) in [5.74, 6) is 0.339. The van der Waals surface area contributed by atoms with Crippen molar-refractivity contribution >= 4 is 17.2 Å². The minimum Gasteiger partial charge on any atom is -0.337 e. The molecule has 1 aromatic heterocycles. The van der Waals surface area contributed by atoms with Gasteiger partial charge in [0.15, 0.2) is 0 Å². The molecule has 1 atom stereocenters. The van der Waals surface area contributed by atoms with Crippen LogP contribution < -0.4 is 5.32 Å². The van der Waals surface area contributed by atoms with Crippen LogP contribution in [0.1, 0.15) is 30.2 Å². The molecule has 1 N–H and O–H groups in total. The highest BCUT2D eigenvalue weighted by Gasteiger charge is 2.38. The molecule has 0 radical (unpaired) electrons. The van der Waals surface area contributed by atoms with Crippen LogP contribution in [0.2, 0.25) is 0 Å². The number of rotatable bonds is 1. The molecule has 3 heterocycles. The van der Waals surface area contributed by atoms with Gasteiger partial charge in [0.25, 0.3) is 0 Å². The molecule has 0 aliphatic carbocycles. The number of piperidine rings is 1. The first-order valence-electron chi connectivity index (χ1n) is 6.74. The zero-order chi connectivity index (χ0) is 12.6. The van der Waals surface area contributed by atoms with Crippen LogP contribution in [0.15, 0.2) is 11.4 Å². The van der Waals surface area contributed by atoms with E-state index in [0.717, 1.165) is 45.4 Å². The van der Waals surface area contributed by atoms with Gasteiger partial charge in [0.05, 0.1) is 5.41 Å². The third-order valence-electron chi connectivity index (χ3n) is 4.21. The molecule has 3 nitrogen and oxygen atoms in total. The Balaban J connectivity index is 1.74. The van der Waals surface area contributed by atoms with Crippen LogP contribution in [0.25, 0.3) is 0 Å². The maximum atomic E-state index is 12.7. The van der Waals surface area contributed by atoms with Crippen LogP contribution in [0.5, 0.6) is 0 Å². The Hall–Kier alpha value is -0.870. The first-order chi connectivity index (χ1) is 8.69. The molecule has 1 fully saturated rings. The highest BCUT2D eigenvalue weighted by atomic mass is 32.1. The van der Waals surface area contributed by atoms with E-state index in [2.05, 4.69) is 28.6 Å². The fraction of sp³-hybridized carbons (Fsp3) is 0.643. The van der Waals surface area contributed by atoms with E-state index in [-0.39, 0.29) is 5.41 Å². The summed E-state index contributed by atoms with van der Waals surface area (Å²) in [7, 11) is 0. The second-order valence-electron chi connectivity index (χ2n) is 5.69. The lowest BCUT2D eigenvalue weighted by molar-refractivity contribution is -0.143. The Morgan fingerprint density at radius 1 is 1.56 bits per heavy atom. The molecule has 98 valence electrons. The molecule has 0 bridgehead atoms. The number of carbonyl (C=O) groups excluding carboxylic acids is 1. The Bertz CT molecular complexity index is 448. The summed E-state index contributed by atoms with van der Waals surface area (Å²) < 4.78 is 0. The number of hydrogen-bond acceptors (Lipinski definition) is 3. The monoisotopic (exact) mass is 264 g/mol. The van der Waals surface area contributed by atoms with Crippen LogP contribution in [0, 0.1) is 5.41 Å². The first kappa shape index (κ1) is 12.2. The number of nitrogens with zero attached hydrogens (tertiary/aromatic N) is 1. The van der Waals surface area contributed by atoms with E-state index >= 15 is 0 Å². The van der Waals surface area contributed by atoms with Gasteiger partial charge in [-0.3, -0.25) is 4.79 Å². The largest absolute Gasteiger partial charge is 0.337 e. The molecule has 2 aliphatic rings. The van der Waals surface area contributed by atoms with Crippen molar-refractivity contribution < 1.29 is 4.79 Å². The van der Waals surface area contributed by atoms with E-state index in [1.807, 2.05) is 11.3 Å². The van der Waals surface area contributed by atoms with Gasteiger partial charge in [-0.1, -0.05) is 0 Å². The Kier molecular flexibility index (Phi) is 3.16. The fourth-order valence-corrected chi connectivity index (χ4v) is 3.93. The highest BCUT2D eigenvalue weighted by molar-refractivity contribution is 7.10. The number of amides is 1. The molecule has 2 aliphatic heterocycles. The molecule has 4 heteroatoms. The predicted molar refractivity (Wildman–Crippen MR) is 73.7 cm³/mol. The lowest BCUT2D eigenvalue weighted by atomic mass is 9.81. The summed E-state index contributed by atoms with van der Waals surface area (Å²) in [5, 5.41) is 5.51. The number of hydrogen-bond donors (Lipinski definition) is 1. The zero-order valence-electron chi connectivity index (χ0n) is 10.9. The lowest BCUT2D eigenvalue weighted by Crippen LogP contribution is -2.51. The van der Waals surface area contributed by atoms with Gasteiger partial charge < -0.3 is 10.2 Å². The average Bonchev–Trinajstić information content (AvgIpc) is 2.86. The van der Waals surface area contributed by atoms with Gasteiger partial charge in [-0.2, -0.15) is 0 Å². The Morgan fingerprint density at radius 2 is 2.44 bits per heavy atom. The van der Waals surface area contributed by atoms with E-state index in [9.17, 15) is 4.79 Å². The van der Waals surface area contributed by atoms with Crippen LogP contribution in [0.4, 0.5) is 0 Å². The standard InChI is InChI=1S/C14H20N2OS/c1-14(5-2-6-15-10-14)13(17)16-7-3-12-11(9-16)4-8-18-12/h4,8,15H,2-3,5-7,9-10H2,1H3. The SMILES string of the molecule is CC1(C(=O)N2CCc3sccc3C2)CCCNC1. The first-order valence-corrected chi connectivity index (χ1v) is 7.62. The average molecular weight is 264 g/mol. The second kappa shape index (κ2) is 4.67. The molecule has 0 aromatic carbocycles. The molecule has 18 heavy (non-hydrogen) atoms. The lowest BCUT2D eigenvalue weighted by Gasteiger charge is -2.38. The Morgan fingerprint density at radius 3 is 3.22 bits per heavy atom. The molecule has 1 aromatic rings. The normalized spacial score (nSPS) is 27.9. The van der Waals surface area contributed by atoms with Crippen molar-refractivity contribution in [2.45, 2.75) is 32.7 Å². The summed E-state index contributed by atoms with van der Waals surface area (Å²) in [4.78, 5) is 16.2. The van der Waals surface area contributed by atoms with Crippen molar-refractivity contribution in [1.29, 1.82) is 0 Å². The third-order valence-corrected chi connectivity index (χ3v) is 5.23. The van der Waals surface area contributed by atoms with Crippen LogP contribution in [-0.2, 0) is 17.8 Å². The minimum atomic E-state index is -0.189. The van der Waals surface area contributed by atoms with Crippen molar-refractivity contribution in [3.63, 3.8) is 0 Å². The van der Waals surface area contributed by atoms with Crippen LogP contribution in [-0.4, -0.2) is 30.4 Å². The molecular formula is C14H20N2OS. The number of fused-ring (bicyclic) bond motifs is 1. The number of nitrogens with one attached hydrogen (secondary N) is 1. The zero-order valence-corrected chi connectivity index (χ0v) is 11.7.